The molecule has 2 atom stereocenters. The van der Waals surface area contributed by atoms with Gasteiger partial charge in [-0.15, -0.1) is 11.3 Å². The van der Waals surface area contributed by atoms with Crippen LogP contribution in [-0.2, 0) is 0 Å². The van der Waals surface area contributed by atoms with Crippen molar-refractivity contribution < 1.29 is 0 Å². The number of rotatable bonds is 6. The SMILES string of the molecule is CCNC(=NCC(C)c1cccs1)NCC1CCN(C)C1. The monoisotopic (exact) mass is 308 g/mol. The van der Waals surface area contributed by atoms with Crippen molar-refractivity contribution in [3.8, 4) is 0 Å². The van der Waals surface area contributed by atoms with Gasteiger partial charge in [0.15, 0.2) is 5.96 Å². The summed E-state index contributed by atoms with van der Waals surface area (Å²) in [5, 5.41) is 8.98. The van der Waals surface area contributed by atoms with Gasteiger partial charge in [0, 0.05) is 30.4 Å². The molecule has 0 aliphatic carbocycles. The van der Waals surface area contributed by atoms with E-state index in [1.54, 1.807) is 0 Å². The number of guanidine groups is 1. The fraction of sp³-hybridized carbons (Fsp3) is 0.688. The van der Waals surface area contributed by atoms with E-state index in [4.69, 9.17) is 4.99 Å². The molecule has 2 unspecified atom stereocenters. The third-order valence-corrected chi connectivity index (χ3v) is 5.05. The number of aliphatic imine (C=N–C) groups is 1. The van der Waals surface area contributed by atoms with E-state index in [9.17, 15) is 0 Å². The minimum atomic E-state index is 0.484. The number of hydrogen-bond donors (Lipinski definition) is 2. The highest BCUT2D eigenvalue weighted by molar-refractivity contribution is 7.10. The van der Waals surface area contributed by atoms with E-state index in [1.165, 1.54) is 24.4 Å². The van der Waals surface area contributed by atoms with Crippen molar-refractivity contribution in [3.63, 3.8) is 0 Å². The van der Waals surface area contributed by atoms with Crippen LogP contribution in [0.1, 0.15) is 31.1 Å². The van der Waals surface area contributed by atoms with Crippen LogP contribution in [0.25, 0.3) is 0 Å². The molecule has 0 saturated carbocycles. The molecule has 0 aromatic carbocycles. The van der Waals surface area contributed by atoms with Gasteiger partial charge in [0.25, 0.3) is 0 Å². The van der Waals surface area contributed by atoms with Gasteiger partial charge in [-0.2, -0.15) is 0 Å². The van der Waals surface area contributed by atoms with Crippen LogP contribution in [0.5, 0.6) is 0 Å². The normalized spacial score (nSPS) is 21.5. The Balaban J connectivity index is 1.81. The van der Waals surface area contributed by atoms with E-state index in [1.807, 2.05) is 11.3 Å². The van der Waals surface area contributed by atoms with Gasteiger partial charge < -0.3 is 15.5 Å². The Kier molecular flexibility index (Phi) is 6.51. The van der Waals surface area contributed by atoms with Gasteiger partial charge in [0.2, 0.25) is 0 Å². The van der Waals surface area contributed by atoms with Crippen LogP contribution in [0.4, 0.5) is 0 Å². The summed E-state index contributed by atoms with van der Waals surface area (Å²) in [5.41, 5.74) is 0. The van der Waals surface area contributed by atoms with Crippen molar-refractivity contribution in [3.05, 3.63) is 22.4 Å². The second kappa shape index (κ2) is 8.39. The zero-order valence-corrected chi connectivity index (χ0v) is 14.2. The van der Waals surface area contributed by atoms with Crippen molar-refractivity contribution in [1.29, 1.82) is 0 Å². The molecule has 0 amide bonds. The molecule has 2 heterocycles. The lowest BCUT2D eigenvalue weighted by Gasteiger charge is -2.16. The second-order valence-electron chi connectivity index (χ2n) is 5.93. The van der Waals surface area contributed by atoms with Crippen LogP contribution < -0.4 is 10.6 Å². The topological polar surface area (TPSA) is 39.7 Å². The summed E-state index contributed by atoms with van der Waals surface area (Å²) in [6.07, 6.45) is 1.29. The summed E-state index contributed by atoms with van der Waals surface area (Å²) in [7, 11) is 2.20. The van der Waals surface area contributed by atoms with E-state index in [2.05, 4.69) is 53.9 Å². The number of nitrogens with one attached hydrogen (secondary N) is 2. The smallest absolute Gasteiger partial charge is 0.191 e. The second-order valence-corrected chi connectivity index (χ2v) is 6.91. The van der Waals surface area contributed by atoms with E-state index >= 15 is 0 Å². The van der Waals surface area contributed by atoms with Crippen LogP contribution in [0.2, 0.25) is 0 Å². The van der Waals surface area contributed by atoms with E-state index in [0.29, 0.717) is 5.92 Å². The van der Waals surface area contributed by atoms with E-state index < -0.39 is 0 Å². The van der Waals surface area contributed by atoms with Crippen LogP contribution in [-0.4, -0.2) is 50.6 Å². The van der Waals surface area contributed by atoms with Crippen molar-refractivity contribution >= 4 is 17.3 Å². The third kappa shape index (κ3) is 5.32. The maximum absolute atomic E-state index is 4.74. The average molecular weight is 308 g/mol. The number of likely N-dealkylation sites (tertiary alicyclic amines) is 1. The molecule has 1 aromatic rings. The maximum atomic E-state index is 4.74. The number of hydrogen-bond acceptors (Lipinski definition) is 3. The molecular weight excluding hydrogens is 280 g/mol. The Morgan fingerprint density at radius 2 is 2.38 bits per heavy atom. The molecular formula is C16H28N4S. The van der Waals surface area contributed by atoms with Crippen molar-refractivity contribution in [2.24, 2.45) is 10.9 Å². The molecule has 1 aliphatic rings. The van der Waals surface area contributed by atoms with Gasteiger partial charge in [-0.3, -0.25) is 4.99 Å². The molecule has 0 radical (unpaired) electrons. The molecule has 1 aliphatic heterocycles. The summed E-state index contributed by atoms with van der Waals surface area (Å²) >= 11 is 1.81. The Hall–Kier alpha value is -1.07. The lowest BCUT2D eigenvalue weighted by molar-refractivity contribution is 0.394. The molecule has 0 spiro atoms. The predicted molar refractivity (Wildman–Crippen MR) is 92.3 cm³/mol. The summed E-state index contributed by atoms with van der Waals surface area (Å²) in [5.74, 6) is 2.18. The van der Waals surface area contributed by atoms with Gasteiger partial charge in [-0.1, -0.05) is 13.0 Å². The molecule has 1 fully saturated rings. The molecule has 2 N–H and O–H groups in total. The Bertz CT molecular complexity index is 429. The summed E-state index contributed by atoms with van der Waals surface area (Å²) in [6, 6.07) is 4.31. The predicted octanol–water partition coefficient (Wildman–Crippen LogP) is 2.36. The molecule has 5 heteroatoms. The first-order valence-electron chi connectivity index (χ1n) is 7.93. The zero-order chi connectivity index (χ0) is 15.1. The van der Waals surface area contributed by atoms with Gasteiger partial charge >= 0.3 is 0 Å². The minimum Gasteiger partial charge on any atom is -0.357 e. The molecule has 1 saturated heterocycles. The van der Waals surface area contributed by atoms with Crippen molar-refractivity contribution in [2.45, 2.75) is 26.2 Å². The maximum Gasteiger partial charge on any atom is 0.191 e. The van der Waals surface area contributed by atoms with Gasteiger partial charge in [0.1, 0.15) is 0 Å². The largest absolute Gasteiger partial charge is 0.357 e. The Morgan fingerprint density at radius 1 is 1.52 bits per heavy atom. The fourth-order valence-electron chi connectivity index (χ4n) is 2.67. The van der Waals surface area contributed by atoms with Gasteiger partial charge in [-0.05, 0) is 44.3 Å². The first-order valence-corrected chi connectivity index (χ1v) is 8.81. The Labute approximate surface area is 132 Å². The quantitative estimate of drug-likeness (QED) is 0.626. The molecule has 1 aromatic heterocycles. The standard InChI is InChI=1S/C16H28N4S/c1-4-17-16(19-11-14-7-8-20(3)12-14)18-10-13(2)15-6-5-9-21-15/h5-6,9,13-14H,4,7-8,10-12H2,1-3H3,(H2,17,18,19). The summed E-state index contributed by atoms with van der Waals surface area (Å²) < 4.78 is 0. The molecule has 118 valence electrons. The average Bonchev–Trinajstić information content (AvgIpc) is 3.13. The lowest BCUT2D eigenvalue weighted by atomic mass is 10.1. The highest BCUT2D eigenvalue weighted by Gasteiger charge is 2.19. The van der Waals surface area contributed by atoms with E-state index in [0.717, 1.165) is 31.5 Å². The van der Waals surface area contributed by atoms with Crippen LogP contribution >= 0.6 is 11.3 Å². The highest BCUT2D eigenvalue weighted by atomic mass is 32.1. The highest BCUT2D eigenvalue weighted by Crippen LogP contribution is 2.20. The zero-order valence-electron chi connectivity index (χ0n) is 13.4. The molecule has 4 nitrogen and oxygen atoms in total. The van der Waals surface area contributed by atoms with Crippen LogP contribution in [0.3, 0.4) is 0 Å². The number of nitrogens with zero attached hydrogens (tertiary/aromatic N) is 2. The first kappa shape index (κ1) is 16.3. The van der Waals surface area contributed by atoms with Crippen molar-refractivity contribution in [1.82, 2.24) is 15.5 Å². The first-order chi connectivity index (χ1) is 10.2. The molecule has 21 heavy (non-hydrogen) atoms. The minimum absolute atomic E-state index is 0.484. The molecule has 0 bridgehead atoms. The van der Waals surface area contributed by atoms with Gasteiger partial charge in [-0.25, -0.2) is 0 Å². The van der Waals surface area contributed by atoms with Crippen molar-refractivity contribution in [2.75, 3.05) is 39.8 Å². The van der Waals surface area contributed by atoms with E-state index in [-0.39, 0.29) is 0 Å². The summed E-state index contributed by atoms with van der Waals surface area (Å²) in [4.78, 5) is 8.54. The van der Waals surface area contributed by atoms with Gasteiger partial charge in [0.05, 0.1) is 6.54 Å². The Morgan fingerprint density at radius 3 is 3.00 bits per heavy atom. The third-order valence-electron chi connectivity index (χ3n) is 3.94. The lowest BCUT2D eigenvalue weighted by Crippen LogP contribution is -2.40. The number of thiophene rings is 1. The molecule has 2 rings (SSSR count). The van der Waals surface area contributed by atoms with Crippen LogP contribution in [0.15, 0.2) is 22.5 Å². The fourth-order valence-corrected chi connectivity index (χ4v) is 3.44. The van der Waals surface area contributed by atoms with Crippen LogP contribution in [0, 0.1) is 5.92 Å². The summed E-state index contributed by atoms with van der Waals surface area (Å²) in [6.45, 7) is 9.52.